The number of hydrogen-bond donors (Lipinski definition) is 0. The van der Waals surface area contributed by atoms with E-state index in [0.717, 1.165) is 65.3 Å². The Kier molecular flexibility index (Phi) is 5.40. The molecule has 53 heavy (non-hydrogen) atoms. The predicted molar refractivity (Wildman–Crippen MR) is 225 cm³/mol. The summed E-state index contributed by atoms with van der Waals surface area (Å²) in [5.41, 5.74) is 6.96. The minimum absolute atomic E-state index is 0.0169. The van der Waals surface area contributed by atoms with Crippen LogP contribution in [0.2, 0.25) is 0 Å². The first-order valence-corrected chi connectivity index (χ1v) is 17.8. The van der Waals surface area contributed by atoms with Gasteiger partial charge in [0.15, 0.2) is 0 Å². The molecule has 0 N–H and O–H groups in total. The summed E-state index contributed by atoms with van der Waals surface area (Å²) in [6.45, 7) is 0. The number of benzene rings is 10. The Morgan fingerprint density at radius 2 is 0.943 bits per heavy atom. The number of rotatable bonds is 4. The number of furan rings is 1. The fourth-order valence-corrected chi connectivity index (χ4v) is 8.04. The lowest BCUT2D eigenvalue weighted by Gasteiger charge is -2.18. The summed E-state index contributed by atoms with van der Waals surface area (Å²) in [7, 11) is 0. The maximum Gasteiger partial charge on any atom is 0.136 e. The lowest BCUT2D eigenvalue weighted by molar-refractivity contribution is 0.669. The minimum Gasteiger partial charge on any atom is -0.456 e. The van der Waals surface area contributed by atoms with Crippen LogP contribution in [0.3, 0.4) is 0 Å². The van der Waals surface area contributed by atoms with Crippen molar-refractivity contribution in [3.8, 4) is 44.5 Å². The van der Waals surface area contributed by atoms with Crippen LogP contribution in [0.15, 0.2) is 198 Å². The molecule has 11 aromatic rings. The van der Waals surface area contributed by atoms with E-state index in [0.29, 0.717) is 22.3 Å². The molecule has 1 nitrogen and oxygen atoms in total. The molecule has 0 unspecified atom stereocenters. The van der Waals surface area contributed by atoms with Gasteiger partial charge in [0.2, 0.25) is 0 Å². The standard InChI is InChI=1S/C52H32O/c1-2-12-34(13-3-1)50-43-15-6-8-17-45(43)51(46-18-9-7-16-44(46)50)41-26-24-36-29-37(22-23-38(36)31-41)39-27-28-48-47(32-39)52-42(19-10-20-49(52)53-48)40-25-21-33-11-4-5-14-35(33)30-40/h1-32H/i22D,23D,24D,26D,29D,31D. The third-order valence-electron chi connectivity index (χ3n) is 10.5. The summed E-state index contributed by atoms with van der Waals surface area (Å²) in [5.74, 6) is 0. The second-order valence-corrected chi connectivity index (χ2v) is 13.5. The van der Waals surface area contributed by atoms with Crippen molar-refractivity contribution >= 4 is 65.0 Å². The van der Waals surface area contributed by atoms with Gasteiger partial charge in [-0.1, -0.05) is 158 Å². The average molecular weight is 679 g/mol. The van der Waals surface area contributed by atoms with E-state index in [4.69, 9.17) is 4.42 Å². The van der Waals surface area contributed by atoms with E-state index in [-0.39, 0.29) is 58.2 Å². The fraction of sp³-hybridized carbons (Fsp3) is 0. The van der Waals surface area contributed by atoms with Gasteiger partial charge < -0.3 is 4.42 Å². The average Bonchev–Trinajstić information content (AvgIpc) is 3.65. The van der Waals surface area contributed by atoms with Crippen LogP contribution in [-0.4, -0.2) is 0 Å². The van der Waals surface area contributed by atoms with Gasteiger partial charge in [0.1, 0.15) is 11.2 Å². The summed E-state index contributed by atoms with van der Waals surface area (Å²) < 4.78 is 63.5. The topological polar surface area (TPSA) is 13.1 Å². The van der Waals surface area contributed by atoms with Gasteiger partial charge in [-0.25, -0.2) is 0 Å². The number of fused-ring (bicyclic) bond motifs is 7. The quantitative estimate of drug-likeness (QED) is 0.169. The van der Waals surface area contributed by atoms with Gasteiger partial charge in [0, 0.05) is 10.8 Å². The highest BCUT2D eigenvalue weighted by Gasteiger charge is 2.17. The van der Waals surface area contributed by atoms with Crippen molar-refractivity contribution in [2.45, 2.75) is 0 Å². The second-order valence-electron chi connectivity index (χ2n) is 13.5. The van der Waals surface area contributed by atoms with Crippen molar-refractivity contribution < 1.29 is 12.6 Å². The Hall–Kier alpha value is -6.96. The van der Waals surface area contributed by atoms with Crippen LogP contribution in [0.4, 0.5) is 0 Å². The first-order valence-electron chi connectivity index (χ1n) is 20.8. The smallest absolute Gasteiger partial charge is 0.136 e. The van der Waals surface area contributed by atoms with Crippen molar-refractivity contribution in [1.82, 2.24) is 0 Å². The van der Waals surface area contributed by atoms with Crippen LogP contribution in [-0.2, 0) is 0 Å². The SMILES string of the molecule is [2H]c1c(-c2c3ccccc3c(-c3ccccc3)c3ccccc23)c([2H])c2c([2H])c([2H])c(-c3ccc4oc5cccc(-c6ccc7ccccc7c6)c5c4c3)c([2H])c2c1[2H]. The monoisotopic (exact) mass is 678 g/mol. The molecule has 0 aliphatic heterocycles. The summed E-state index contributed by atoms with van der Waals surface area (Å²) >= 11 is 0. The maximum atomic E-state index is 9.72. The summed E-state index contributed by atoms with van der Waals surface area (Å²) in [5, 5.41) is 7.51. The summed E-state index contributed by atoms with van der Waals surface area (Å²) in [4.78, 5) is 0. The van der Waals surface area contributed by atoms with Gasteiger partial charge in [-0.2, -0.15) is 0 Å². The molecule has 0 amide bonds. The highest BCUT2D eigenvalue weighted by Crippen LogP contribution is 2.45. The van der Waals surface area contributed by atoms with Crippen molar-refractivity contribution in [2.75, 3.05) is 0 Å². The van der Waals surface area contributed by atoms with Crippen LogP contribution in [0.25, 0.3) is 110 Å². The molecule has 1 heterocycles. The Balaban J connectivity index is 1.15. The van der Waals surface area contributed by atoms with Crippen molar-refractivity contribution in [1.29, 1.82) is 0 Å². The highest BCUT2D eigenvalue weighted by molar-refractivity contribution is 6.22. The van der Waals surface area contributed by atoms with Gasteiger partial charge >= 0.3 is 0 Å². The van der Waals surface area contributed by atoms with E-state index in [1.165, 1.54) is 0 Å². The maximum absolute atomic E-state index is 9.72. The Morgan fingerprint density at radius 3 is 1.68 bits per heavy atom. The molecule has 0 bridgehead atoms. The van der Waals surface area contributed by atoms with E-state index in [2.05, 4.69) is 48.5 Å². The third-order valence-corrected chi connectivity index (χ3v) is 10.5. The van der Waals surface area contributed by atoms with Crippen LogP contribution >= 0.6 is 0 Å². The second kappa shape index (κ2) is 11.8. The predicted octanol–water partition coefficient (Wildman–Crippen LogP) is 14.9. The Morgan fingerprint density at radius 1 is 0.340 bits per heavy atom. The van der Waals surface area contributed by atoms with Gasteiger partial charge in [-0.15, -0.1) is 0 Å². The van der Waals surface area contributed by atoms with Crippen LogP contribution in [0.5, 0.6) is 0 Å². The first kappa shape index (κ1) is 24.3. The molecule has 11 rings (SSSR count). The molecule has 0 aliphatic rings. The van der Waals surface area contributed by atoms with Gasteiger partial charge in [-0.05, 0) is 124 Å². The van der Waals surface area contributed by atoms with Gasteiger partial charge in [0.05, 0.1) is 8.22 Å². The molecule has 0 radical (unpaired) electrons. The van der Waals surface area contributed by atoms with Crippen molar-refractivity contribution in [3.05, 3.63) is 194 Å². The molecular formula is C52H32O. The van der Waals surface area contributed by atoms with Gasteiger partial charge in [0.25, 0.3) is 0 Å². The largest absolute Gasteiger partial charge is 0.456 e. The zero-order valence-corrected chi connectivity index (χ0v) is 28.4. The summed E-state index contributed by atoms with van der Waals surface area (Å²) in [6, 6.07) is 50.9. The van der Waals surface area contributed by atoms with Crippen LogP contribution in [0.1, 0.15) is 8.22 Å². The third kappa shape index (κ3) is 4.79. The fourth-order valence-electron chi connectivity index (χ4n) is 8.04. The van der Waals surface area contributed by atoms with Crippen molar-refractivity contribution in [2.24, 2.45) is 0 Å². The highest BCUT2D eigenvalue weighted by atomic mass is 16.3. The molecule has 0 spiro atoms. The minimum atomic E-state index is -0.255. The number of hydrogen-bond acceptors (Lipinski definition) is 1. The normalized spacial score (nSPS) is 13.4. The molecule has 0 aliphatic carbocycles. The van der Waals surface area contributed by atoms with Crippen molar-refractivity contribution in [3.63, 3.8) is 0 Å². The van der Waals surface area contributed by atoms with E-state index in [1.807, 2.05) is 103 Å². The van der Waals surface area contributed by atoms with Crippen LogP contribution < -0.4 is 0 Å². The molecule has 1 heteroatoms. The lowest BCUT2D eigenvalue weighted by Crippen LogP contribution is -1.90. The van der Waals surface area contributed by atoms with E-state index < -0.39 is 0 Å². The molecule has 246 valence electrons. The van der Waals surface area contributed by atoms with Gasteiger partial charge in [-0.3, -0.25) is 0 Å². The van der Waals surface area contributed by atoms with E-state index >= 15 is 0 Å². The zero-order chi connectivity index (χ0) is 40.1. The molecule has 0 atom stereocenters. The van der Waals surface area contributed by atoms with Crippen LogP contribution in [0, 0.1) is 0 Å². The zero-order valence-electron chi connectivity index (χ0n) is 34.4. The molecular weight excluding hydrogens is 641 g/mol. The molecule has 1 aromatic heterocycles. The molecule has 0 fully saturated rings. The Labute approximate surface area is 315 Å². The first-order chi connectivity index (χ1) is 28.8. The molecule has 0 saturated carbocycles. The lowest BCUT2D eigenvalue weighted by atomic mass is 9.85. The summed E-state index contributed by atoms with van der Waals surface area (Å²) in [6.07, 6.45) is 0. The molecule has 10 aromatic carbocycles. The molecule has 0 saturated heterocycles. The van der Waals surface area contributed by atoms with E-state index in [9.17, 15) is 8.22 Å². The Bertz CT molecular complexity index is 3510. The van der Waals surface area contributed by atoms with E-state index in [1.54, 1.807) is 6.07 Å².